The maximum atomic E-state index is 13.2. The van der Waals surface area contributed by atoms with Crippen LogP contribution in [0.5, 0.6) is 0 Å². The Labute approximate surface area is 114 Å². The molecule has 0 aliphatic heterocycles. The van der Waals surface area contributed by atoms with E-state index in [4.69, 9.17) is 11.6 Å². The Bertz CT molecular complexity index is 602. The summed E-state index contributed by atoms with van der Waals surface area (Å²) < 4.78 is 26.3. The Morgan fingerprint density at radius 3 is 2.63 bits per heavy atom. The van der Waals surface area contributed by atoms with Crippen molar-refractivity contribution in [1.29, 1.82) is 0 Å². The maximum absolute atomic E-state index is 13.2. The van der Waals surface area contributed by atoms with E-state index in [0.29, 0.717) is 16.1 Å². The molecule has 2 nitrogen and oxygen atoms in total. The second-order valence-corrected chi connectivity index (χ2v) is 4.99. The highest BCUT2D eigenvalue weighted by atomic mass is 35.5. The van der Waals surface area contributed by atoms with Crippen LogP contribution in [0.1, 0.15) is 18.1 Å². The molecular weight excluding hydrogens is 272 g/mol. The van der Waals surface area contributed by atoms with Crippen LogP contribution < -0.4 is 0 Å². The summed E-state index contributed by atoms with van der Waals surface area (Å²) in [7, 11) is 0. The highest BCUT2D eigenvalue weighted by molar-refractivity contribution is 6.31. The lowest BCUT2D eigenvalue weighted by Crippen LogP contribution is -2.25. The van der Waals surface area contributed by atoms with Crippen LogP contribution in [0.15, 0.2) is 36.7 Å². The largest absolute Gasteiger partial charge is 0.385 e. The second kappa shape index (κ2) is 5.23. The van der Waals surface area contributed by atoms with Gasteiger partial charge in [-0.15, -0.1) is 0 Å². The quantitative estimate of drug-likeness (QED) is 0.936. The molecule has 2 rings (SSSR count). The number of nitrogens with zero attached hydrogens (tertiary/aromatic N) is 1. The molecule has 0 radical (unpaired) electrons. The van der Waals surface area contributed by atoms with Crippen molar-refractivity contribution in [1.82, 2.24) is 4.98 Å². The molecule has 0 fully saturated rings. The lowest BCUT2D eigenvalue weighted by atomic mass is 9.90. The van der Waals surface area contributed by atoms with Crippen LogP contribution in [0, 0.1) is 11.6 Å². The topological polar surface area (TPSA) is 33.1 Å². The fraction of sp³-hybridized carbons (Fsp3) is 0.214. The van der Waals surface area contributed by atoms with Crippen molar-refractivity contribution in [3.63, 3.8) is 0 Å². The summed E-state index contributed by atoms with van der Waals surface area (Å²) in [6.45, 7) is 1.50. The van der Waals surface area contributed by atoms with Crippen LogP contribution in [-0.2, 0) is 12.0 Å². The van der Waals surface area contributed by atoms with E-state index >= 15 is 0 Å². The van der Waals surface area contributed by atoms with Gasteiger partial charge in [0.15, 0.2) is 0 Å². The van der Waals surface area contributed by atoms with Crippen molar-refractivity contribution < 1.29 is 13.9 Å². The summed E-state index contributed by atoms with van der Waals surface area (Å²) in [5.41, 5.74) is -0.615. The van der Waals surface area contributed by atoms with E-state index < -0.39 is 17.2 Å². The molecule has 0 aliphatic rings. The van der Waals surface area contributed by atoms with Gasteiger partial charge < -0.3 is 5.11 Å². The first-order chi connectivity index (χ1) is 8.88. The molecule has 0 saturated carbocycles. The summed E-state index contributed by atoms with van der Waals surface area (Å²) in [4.78, 5) is 3.69. The number of aromatic nitrogens is 1. The molecule has 1 aromatic heterocycles. The summed E-state index contributed by atoms with van der Waals surface area (Å²) >= 11 is 5.95. The Kier molecular flexibility index (Phi) is 3.83. The van der Waals surface area contributed by atoms with Gasteiger partial charge >= 0.3 is 0 Å². The average molecular weight is 284 g/mol. The highest BCUT2D eigenvalue weighted by Crippen LogP contribution is 2.28. The summed E-state index contributed by atoms with van der Waals surface area (Å²) in [6, 6.07) is 5.11. The van der Waals surface area contributed by atoms with Crippen molar-refractivity contribution in [2.75, 3.05) is 0 Å². The van der Waals surface area contributed by atoms with Gasteiger partial charge in [-0.2, -0.15) is 0 Å². The second-order valence-electron chi connectivity index (χ2n) is 4.58. The van der Waals surface area contributed by atoms with Crippen LogP contribution in [-0.4, -0.2) is 10.1 Å². The minimum Gasteiger partial charge on any atom is -0.385 e. The van der Waals surface area contributed by atoms with E-state index in [2.05, 4.69) is 4.98 Å². The highest BCUT2D eigenvalue weighted by Gasteiger charge is 2.25. The molecule has 0 spiro atoms. The van der Waals surface area contributed by atoms with Crippen molar-refractivity contribution >= 4 is 11.6 Å². The zero-order chi connectivity index (χ0) is 14.0. The molecule has 100 valence electrons. The van der Waals surface area contributed by atoms with E-state index in [-0.39, 0.29) is 6.42 Å². The van der Waals surface area contributed by atoms with E-state index in [1.807, 2.05) is 0 Å². The third kappa shape index (κ3) is 3.28. The standard InChI is InChI=1S/C14H12ClF2NO/c1-14(19,10-5-12(17)8-18-7-10)6-9-4-11(16)2-3-13(9)15/h2-5,7-8,19H,6H2,1H3. The minimum atomic E-state index is -1.38. The predicted octanol–water partition coefficient (Wildman–Crippen LogP) is 3.46. The monoisotopic (exact) mass is 283 g/mol. The molecule has 0 bridgehead atoms. The molecule has 1 aromatic carbocycles. The number of aliphatic hydroxyl groups is 1. The van der Waals surface area contributed by atoms with Crippen LogP contribution in [0.3, 0.4) is 0 Å². The fourth-order valence-corrected chi connectivity index (χ4v) is 2.04. The van der Waals surface area contributed by atoms with Crippen LogP contribution >= 0.6 is 11.6 Å². The van der Waals surface area contributed by atoms with Crippen molar-refractivity contribution in [3.05, 3.63) is 64.4 Å². The number of benzene rings is 1. The molecule has 19 heavy (non-hydrogen) atoms. The van der Waals surface area contributed by atoms with Gasteiger partial charge in [-0.25, -0.2) is 8.78 Å². The smallest absolute Gasteiger partial charge is 0.141 e. The van der Waals surface area contributed by atoms with Gasteiger partial charge in [0, 0.05) is 23.2 Å². The average Bonchev–Trinajstić information content (AvgIpc) is 2.33. The van der Waals surface area contributed by atoms with Gasteiger partial charge in [0.25, 0.3) is 0 Å². The third-order valence-electron chi connectivity index (χ3n) is 2.87. The normalized spacial score (nSPS) is 14.2. The summed E-state index contributed by atoms with van der Waals surface area (Å²) in [5.74, 6) is -0.976. The van der Waals surface area contributed by atoms with Crippen LogP contribution in [0.25, 0.3) is 0 Å². The Hall–Kier alpha value is -1.52. The molecule has 5 heteroatoms. The van der Waals surface area contributed by atoms with E-state index in [0.717, 1.165) is 6.20 Å². The Morgan fingerprint density at radius 2 is 1.95 bits per heavy atom. The molecular formula is C14H12ClF2NO. The van der Waals surface area contributed by atoms with Gasteiger partial charge in [0.05, 0.1) is 11.8 Å². The number of rotatable bonds is 3. The first kappa shape index (κ1) is 13.9. The van der Waals surface area contributed by atoms with Gasteiger partial charge in [0.1, 0.15) is 11.6 Å². The molecule has 1 N–H and O–H groups in total. The van der Waals surface area contributed by atoms with Crippen LogP contribution in [0.4, 0.5) is 8.78 Å². The number of pyridine rings is 1. The van der Waals surface area contributed by atoms with Crippen molar-refractivity contribution in [2.24, 2.45) is 0 Å². The number of hydrogen-bond donors (Lipinski definition) is 1. The maximum Gasteiger partial charge on any atom is 0.141 e. The first-order valence-corrected chi connectivity index (χ1v) is 6.03. The van der Waals surface area contributed by atoms with E-state index in [1.54, 1.807) is 0 Å². The van der Waals surface area contributed by atoms with E-state index in [9.17, 15) is 13.9 Å². The summed E-state index contributed by atoms with van der Waals surface area (Å²) in [5, 5.41) is 10.7. The zero-order valence-electron chi connectivity index (χ0n) is 10.2. The Balaban J connectivity index is 2.33. The van der Waals surface area contributed by atoms with Crippen molar-refractivity contribution in [3.8, 4) is 0 Å². The molecule has 0 amide bonds. The Morgan fingerprint density at radius 1 is 1.21 bits per heavy atom. The molecule has 0 aliphatic carbocycles. The SMILES string of the molecule is CC(O)(Cc1cc(F)ccc1Cl)c1cncc(F)c1. The molecule has 0 saturated heterocycles. The number of hydrogen-bond acceptors (Lipinski definition) is 2. The van der Waals surface area contributed by atoms with Gasteiger partial charge in [-0.1, -0.05) is 11.6 Å². The lowest BCUT2D eigenvalue weighted by molar-refractivity contribution is 0.0568. The lowest BCUT2D eigenvalue weighted by Gasteiger charge is -2.24. The number of halogens is 3. The molecule has 2 aromatic rings. The van der Waals surface area contributed by atoms with Crippen molar-refractivity contribution in [2.45, 2.75) is 18.9 Å². The molecule has 1 atom stereocenters. The fourth-order valence-electron chi connectivity index (χ4n) is 1.86. The van der Waals surface area contributed by atoms with Gasteiger partial charge in [0.2, 0.25) is 0 Å². The third-order valence-corrected chi connectivity index (χ3v) is 3.24. The van der Waals surface area contributed by atoms with E-state index in [1.165, 1.54) is 37.4 Å². The van der Waals surface area contributed by atoms with Gasteiger partial charge in [-0.3, -0.25) is 4.98 Å². The zero-order valence-corrected chi connectivity index (χ0v) is 11.0. The molecule has 1 heterocycles. The minimum absolute atomic E-state index is 0.0642. The first-order valence-electron chi connectivity index (χ1n) is 5.66. The predicted molar refractivity (Wildman–Crippen MR) is 68.9 cm³/mol. The van der Waals surface area contributed by atoms with Gasteiger partial charge in [-0.05, 0) is 36.8 Å². The summed E-state index contributed by atoms with van der Waals surface area (Å²) in [6.07, 6.45) is 2.49. The van der Waals surface area contributed by atoms with Crippen LogP contribution in [0.2, 0.25) is 5.02 Å². The molecule has 1 unspecified atom stereocenters.